The Hall–Kier alpha value is 1.85. The van der Waals surface area contributed by atoms with E-state index in [4.69, 9.17) is 14.4 Å². The average Bonchev–Trinajstić information content (AvgIpc) is 2.55. The van der Waals surface area contributed by atoms with Crippen molar-refractivity contribution in [2.24, 2.45) is 0 Å². The fourth-order valence-electron chi connectivity index (χ4n) is 2.68. The summed E-state index contributed by atoms with van der Waals surface area (Å²) in [4.78, 5) is 22.2. The minimum Gasteiger partial charge on any atom is -1.00 e. The van der Waals surface area contributed by atoms with Crippen LogP contribution in [-0.2, 0) is 24.4 Å². The number of hydrogen-bond donors (Lipinski definition) is 2. The number of hydrogen-bond acceptors (Lipinski definition) is 5. The Labute approximate surface area is 246 Å². The second-order valence-corrected chi connectivity index (χ2v) is 8.26. The van der Waals surface area contributed by atoms with Gasteiger partial charge in [-0.25, -0.2) is 0 Å². The Morgan fingerprint density at radius 2 is 1.21 bits per heavy atom. The molecule has 0 saturated carbocycles. The normalized spacial score (nSPS) is 11.4. The van der Waals surface area contributed by atoms with Gasteiger partial charge < -0.3 is 14.1 Å². The number of carboxylic acid groups (broad SMARTS) is 1. The Morgan fingerprint density at radius 3 is 1.55 bits per heavy atom. The molecule has 29 heavy (non-hydrogen) atoms. The first-order valence-corrected chi connectivity index (χ1v) is 11.1. The van der Waals surface area contributed by atoms with Crippen LogP contribution < -0.4 is 88.7 Å². The Bertz CT molecular complexity index is 516. The van der Waals surface area contributed by atoms with Crippen LogP contribution in [0, 0.1) is 0 Å². The molecule has 7 nitrogen and oxygen atoms in total. The average molecular weight is 467 g/mol. The molecule has 0 heterocycles. The maximum Gasteiger partial charge on any atom is 1.00 e. The van der Waals surface area contributed by atoms with Crippen molar-refractivity contribution in [3.05, 3.63) is 0 Å². The first-order chi connectivity index (χ1) is 12.3. The van der Waals surface area contributed by atoms with E-state index in [2.05, 4.69) is 6.92 Å². The molecule has 11 heteroatoms. The van der Waals surface area contributed by atoms with E-state index < -0.39 is 33.7 Å². The summed E-state index contributed by atoms with van der Waals surface area (Å²) in [6.45, 7) is 2.24. The van der Waals surface area contributed by atoms with Gasteiger partial charge in [0.05, 0.1) is 13.0 Å². The molecule has 0 aromatic rings. The van der Waals surface area contributed by atoms with Crippen LogP contribution in [0.2, 0.25) is 0 Å². The summed E-state index contributed by atoms with van der Waals surface area (Å²) in [6, 6.07) is 0. The molecular weight excluding hydrogens is 429 g/mol. The molecule has 0 saturated heterocycles. The summed E-state index contributed by atoms with van der Waals surface area (Å²) in [6.07, 6.45) is 12.9. The topological polar surface area (TPSA) is 118 Å². The third-order valence-electron chi connectivity index (χ3n) is 4.22. The Balaban J connectivity index is -0.000000208. The summed E-state index contributed by atoms with van der Waals surface area (Å²) in [5, 5.41) is 6.54. The summed E-state index contributed by atoms with van der Waals surface area (Å²) >= 11 is 0. The molecule has 0 aliphatic heterocycles. The third-order valence-corrected chi connectivity index (χ3v) is 5.30. The quantitative estimate of drug-likeness (QED) is 0.0958. The maximum absolute atomic E-state index is 11.6. The van der Waals surface area contributed by atoms with Gasteiger partial charge in [-0.15, -0.1) is 0 Å². The predicted octanol–water partition coefficient (Wildman–Crippen LogP) is -4.69. The Morgan fingerprint density at radius 1 is 0.828 bits per heavy atom. The summed E-state index contributed by atoms with van der Waals surface area (Å²) < 4.78 is 35.8. The Kier molecular flexibility index (Phi) is 32.2. The van der Waals surface area contributed by atoms with Crippen LogP contribution in [-0.4, -0.2) is 41.9 Å². The monoisotopic (exact) mass is 466 g/mol. The third kappa shape index (κ3) is 24.3. The first kappa shape index (κ1) is 38.1. The molecule has 1 atom stereocenters. The minimum atomic E-state index is -4.78. The number of ether oxygens (including phenoxy) is 1. The number of esters is 1. The van der Waals surface area contributed by atoms with Crippen molar-refractivity contribution in [2.45, 2.75) is 95.6 Å². The molecule has 0 rings (SSSR count). The zero-order valence-corrected chi connectivity index (χ0v) is 25.6. The van der Waals surface area contributed by atoms with Gasteiger partial charge >= 0.3 is 101 Å². The smallest absolute Gasteiger partial charge is 1.00 e. The summed E-state index contributed by atoms with van der Waals surface area (Å²) in [5.74, 6) is -2.70. The molecular formula is C18H37Na3O7S. The van der Waals surface area contributed by atoms with Gasteiger partial charge in [0.15, 0.2) is 5.25 Å². The van der Waals surface area contributed by atoms with Crippen LogP contribution in [0.3, 0.4) is 0 Å². The van der Waals surface area contributed by atoms with Gasteiger partial charge in [0, 0.05) is 0 Å². The van der Waals surface area contributed by atoms with E-state index in [0.717, 1.165) is 19.3 Å². The van der Waals surface area contributed by atoms with E-state index in [0.29, 0.717) is 6.42 Å². The predicted molar refractivity (Wildman–Crippen MR) is 103 cm³/mol. The van der Waals surface area contributed by atoms with Crippen molar-refractivity contribution in [1.29, 1.82) is 0 Å². The van der Waals surface area contributed by atoms with Crippen molar-refractivity contribution in [2.75, 3.05) is 6.61 Å². The fraction of sp³-hybridized carbons (Fsp3) is 0.889. The number of aliphatic carboxylic acids is 1. The van der Waals surface area contributed by atoms with Gasteiger partial charge in [0.1, 0.15) is 0 Å². The second kappa shape index (κ2) is 24.5. The number of carbonyl (C=O) groups excluding carboxylic acids is 1. The van der Waals surface area contributed by atoms with Crippen molar-refractivity contribution in [3.8, 4) is 0 Å². The van der Waals surface area contributed by atoms with E-state index >= 15 is 0 Å². The van der Waals surface area contributed by atoms with Crippen molar-refractivity contribution < 1.29 is 125 Å². The largest absolute Gasteiger partial charge is 1.00 e. The molecule has 0 aliphatic carbocycles. The van der Waals surface area contributed by atoms with Gasteiger partial charge in [0.25, 0.3) is 10.1 Å². The van der Waals surface area contributed by atoms with Crippen LogP contribution >= 0.6 is 0 Å². The van der Waals surface area contributed by atoms with Crippen molar-refractivity contribution in [1.82, 2.24) is 0 Å². The molecule has 0 bridgehead atoms. The van der Waals surface area contributed by atoms with E-state index in [9.17, 15) is 18.0 Å². The van der Waals surface area contributed by atoms with E-state index in [1.165, 1.54) is 51.4 Å². The SMILES string of the molecule is CCCCCCCCCCCCCCOC(=O)C(CC(=O)O)S(=O)(=O)O.[H-].[H-].[H-].[Na+].[Na+].[Na+]. The number of rotatable bonds is 17. The number of carbonyl (C=O) groups is 2. The van der Waals surface area contributed by atoms with Crippen LogP contribution in [0.4, 0.5) is 0 Å². The molecule has 0 amide bonds. The number of carboxylic acids is 1. The molecule has 0 aromatic carbocycles. The van der Waals surface area contributed by atoms with Crippen LogP contribution in [0.5, 0.6) is 0 Å². The molecule has 1 unspecified atom stereocenters. The fourth-order valence-corrected chi connectivity index (χ4v) is 3.34. The van der Waals surface area contributed by atoms with Crippen molar-refractivity contribution >= 4 is 22.1 Å². The van der Waals surface area contributed by atoms with Gasteiger partial charge in [-0.3, -0.25) is 14.1 Å². The zero-order chi connectivity index (χ0) is 19.8. The molecule has 0 radical (unpaired) electrons. The molecule has 0 fully saturated rings. The molecule has 0 aliphatic rings. The molecule has 160 valence electrons. The molecule has 0 spiro atoms. The zero-order valence-electron chi connectivity index (χ0n) is 21.8. The first-order valence-electron chi connectivity index (χ1n) is 9.63. The minimum absolute atomic E-state index is 0. The standard InChI is InChI=1S/C18H34O7S.3Na.3H/c1-2-3-4-5-6-7-8-9-10-11-12-13-14-25-18(21)16(15-17(19)20)26(22,23)24;;;;;;/h16H,2-15H2,1H3,(H,19,20)(H,22,23,24);;;;;;/q;3*+1;3*-1. The van der Waals surface area contributed by atoms with Crippen molar-refractivity contribution in [3.63, 3.8) is 0 Å². The number of unbranched alkanes of at least 4 members (excludes halogenated alkanes) is 11. The van der Waals surface area contributed by atoms with E-state index in [1.807, 2.05) is 0 Å². The van der Waals surface area contributed by atoms with Gasteiger partial charge in [-0.2, -0.15) is 8.42 Å². The summed E-state index contributed by atoms with van der Waals surface area (Å²) in [5.41, 5.74) is 0. The second-order valence-electron chi connectivity index (χ2n) is 6.66. The maximum atomic E-state index is 11.6. The van der Waals surface area contributed by atoms with Gasteiger partial charge in [0.2, 0.25) is 0 Å². The van der Waals surface area contributed by atoms with E-state index in [1.54, 1.807) is 0 Å². The van der Waals surface area contributed by atoms with Crippen LogP contribution in [0.25, 0.3) is 0 Å². The van der Waals surface area contributed by atoms with Gasteiger partial charge in [-0.1, -0.05) is 77.6 Å². The van der Waals surface area contributed by atoms with Gasteiger partial charge in [-0.05, 0) is 6.42 Å². The summed E-state index contributed by atoms with van der Waals surface area (Å²) in [7, 11) is -4.78. The van der Waals surface area contributed by atoms with E-state index in [-0.39, 0.29) is 99.6 Å². The van der Waals surface area contributed by atoms with Crippen LogP contribution in [0.15, 0.2) is 0 Å². The molecule has 2 N–H and O–H groups in total. The molecule has 0 aromatic heterocycles. The van der Waals surface area contributed by atoms with Crippen LogP contribution in [0.1, 0.15) is 94.7 Å².